The lowest BCUT2D eigenvalue weighted by molar-refractivity contribution is -0.384. The largest absolute Gasteiger partial charge is 0.497 e. The summed E-state index contributed by atoms with van der Waals surface area (Å²) < 4.78 is 11.7. The fourth-order valence-electron chi connectivity index (χ4n) is 3.42. The van der Waals surface area contributed by atoms with Crippen molar-refractivity contribution in [2.75, 3.05) is 24.9 Å². The molecule has 0 spiro atoms. The molecule has 4 rings (SSSR count). The summed E-state index contributed by atoms with van der Waals surface area (Å²) in [5.41, 5.74) is 1.98. The maximum absolute atomic E-state index is 13.2. The van der Waals surface area contributed by atoms with Crippen molar-refractivity contribution in [3.63, 3.8) is 0 Å². The van der Waals surface area contributed by atoms with Crippen LogP contribution in [0, 0.1) is 10.1 Å². The molecule has 1 aromatic heterocycles. The Morgan fingerprint density at radius 1 is 0.917 bits per heavy atom. The van der Waals surface area contributed by atoms with Gasteiger partial charge in [0.25, 0.3) is 11.6 Å². The second kappa shape index (κ2) is 11.0. The fraction of sp³-hybridized carbons (Fsp3) is 0.160. The molecule has 0 fully saturated rings. The highest BCUT2D eigenvalue weighted by Gasteiger charge is 2.19. The minimum absolute atomic E-state index is 0.109. The Balaban J connectivity index is 1.58. The molecule has 36 heavy (non-hydrogen) atoms. The molecule has 0 aliphatic rings. The molecule has 0 saturated heterocycles. The van der Waals surface area contributed by atoms with E-state index in [1.54, 1.807) is 14.2 Å². The van der Waals surface area contributed by atoms with Crippen molar-refractivity contribution in [2.45, 2.75) is 13.1 Å². The number of ether oxygens (including phenoxy) is 2. The lowest BCUT2D eigenvalue weighted by Crippen LogP contribution is -2.17. The second-order valence-corrected chi connectivity index (χ2v) is 7.69. The first kappa shape index (κ1) is 24.2. The molecule has 4 aromatic rings. The van der Waals surface area contributed by atoms with Crippen LogP contribution in [0.5, 0.6) is 11.5 Å². The van der Waals surface area contributed by atoms with Gasteiger partial charge in [-0.15, -0.1) is 5.10 Å². The number of rotatable bonds is 10. The predicted molar refractivity (Wildman–Crippen MR) is 133 cm³/mol. The Bertz CT molecular complexity index is 1370. The van der Waals surface area contributed by atoms with Crippen molar-refractivity contribution >= 4 is 23.5 Å². The zero-order valence-corrected chi connectivity index (χ0v) is 19.7. The predicted octanol–water partition coefficient (Wildman–Crippen LogP) is 4.12. The van der Waals surface area contributed by atoms with Gasteiger partial charge in [0.1, 0.15) is 11.5 Å². The maximum atomic E-state index is 13.2. The first-order valence-corrected chi connectivity index (χ1v) is 11.0. The van der Waals surface area contributed by atoms with Gasteiger partial charge in [-0.3, -0.25) is 14.9 Å². The van der Waals surface area contributed by atoms with E-state index in [1.165, 1.54) is 24.3 Å². The third-order valence-electron chi connectivity index (χ3n) is 5.29. The summed E-state index contributed by atoms with van der Waals surface area (Å²) in [4.78, 5) is 28.1. The number of nitrogens with one attached hydrogen (secondary N) is 2. The molecular weight excluding hydrogens is 464 g/mol. The number of carbonyl (C=O) groups excluding carboxylic acids is 1. The van der Waals surface area contributed by atoms with Gasteiger partial charge in [-0.25, -0.2) is 0 Å². The zero-order chi connectivity index (χ0) is 25.5. The molecule has 11 nitrogen and oxygen atoms in total. The molecule has 11 heteroatoms. The number of aromatic nitrogens is 3. The molecule has 1 heterocycles. The smallest absolute Gasteiger partial charge is 0.281 e. The molecular formula is C25H24N6O5. The van der Waals surface area contributed by atoms with Crippen LogP contribution in [-0.4, -0.2) is 39.8 Å². The number of hydrogen-bond acceptors (Lipinski definition) is 9. The molecule has 0 unspecified atom stereocenters. The van der Waals surface area contributed by atoms with Crippen LogP contribution >= 0.6 is 0 Å². The lowest BCUT2D eigenvalue weighted by Gasteiger charge is -2.08. The summed E-state index contributed by atoms with van der Waals surface area (Å²) in [5, 5.41) is 21.6. The van der Waals surface area contributed by atoms with Gasteiger partial charge in [0.2, 0.25) is 11.9 Å². The normalized spacial score (nSPS) is 10.5. The topological polar surface area (TPSA) is 133 Å². The molecule has 0 atom stereocenters. The van der Waals surface area contributed by atoms with Crippen LogP contribution in [-0.2, 0) is 13.1 Å². The first-order valence-electron chi connectivity index (χ1n) is 11.0. The van der Waals surface area contributed by atoms with Crippen LogP contribution < -0.4 is 20.1 Å². The Morgan fingerprint density at radius 2 is 1.50 bits per heavy atom. The minimum atomic E-state index is -0.522. The van der Waals surface area contributed by atoms with Crippen molar-refractivity contribution in [2.24, 2.45) is 0 Å². The number of benzene rings is 3. The molecule has 0 aliphatic heterocycles. The van der Waals surface area contributed by atoms with E-state index in [-0.39, 0.29) is 23.1 Å². The number of non-ortho nitro benzene ring substituents is 1. The van der Waals surface area contributed by atoms with E-state index in [0.717, 1.165) is 21.6 Å². The number of anilines is 2. The van der Waals surface area contributed by atoms with Crippen molar-refractivity contribution in [3.8, 4) is 11.5 Å². The van der Waals surface area contributed by atoms with Gasteiger partial charge in [0, 0.05) is 30.8 Å². The lowest BCUT2D eigenvalue weighted by atomic mass is 10.2. The van der Waals surface area contributed by atoms with Crippen LogP contribution in [0.1, 0.15) is 21.5 Å². The van der Waals surface area contributed by atoms with Gasteiger partial charge in [-0.1, -0.05) is 24.3 Å². The molecule has 0 bridgehead atoms. The number of nitro groups is 1. The number of hydrogen-bond donors (Lipinski definition) is 2. The molecule has 0 saturated carbocycles. The first-order chi connectivity index (χ1) is 17.5. The Morgan fingerprint density at radius 3 is 2.06 bits per heavy atom. The van der Waals surface area contributed by atoms with Crippen LogP contribution in [0.25, 0.3) is 0 Å². The number of nitrogens with zero attached hydrogens (tertiary/aromatic N) is 4. The van der Waals surface area contributed by atoms with Gasteiger partial charge in [-0.05, 0) is 47.5 Å². The third-order valence-corrected chi connectivity index (χ3v) is 5.29. The highest BCUT2D eigenvalue weighted by molar-refractivity contribution is 5.97. The molecule has 184 valence electrons. The van der Waals surface area contributed by atoms with Gasteiger partial charge in [-0.2, -0.15) is 9.67 Å². The fourth-order valence-corrected chi connectivity index (χ4v) is 3.42. The minimum Gasteiger partial charge on any atom is -0.497 e. The third kappa shape index (κ3) is 5.76. The van der Waals surface area contributed by atoms with E-state index in [0.29, 0.717) is 18.8 Å². The quantitative estimate of drug-likeness (QED) is 0.250. The van der Waals surface area contributed by atoms with E-state index in [4.69, 9.17) is 9.47 Å². The monoisotopic (exact) mass is 488 g/mol. The summed E-state index contributed by atoms with van der Waals surface area (Å²) in [7, 11) is 3.19. The molecule has 0 amide bonds. The SMILES string of the molecule is COc1cccc(CNc2nc(NCc3cccc(OC)c3)n(C(=O)c3ccc([N+](=O)[O-])cc3)n2)c1. The molecule has 3 aromatic carbocycles. The van der Waals surface area contributed by atoms with Crippen LogP contribution in [0.15, 0.2) is 72.8 Å². The van der Waals surface area contributed by atoms with E-state index < -0.39 is 10.8 Å². The number of nitro benzene ring substituents is 1. The number of carbonyl (C=O) groups is 1. The Kier molecular flexibility index (Phi) is 7.39. The average Bonchev–Trinajstić information content (AvgIpc) is 3.33. The van der Waals surface area contributed by atoms with E-state index in [1.807, 2.05) is 48.5 Å². The summed E-state index contributed by atoms with van der Waals surface area (Å²) in [6.07, 6.45) is 0. The summed E-state index contributed by atoms with van der Waals surface area (Å²) in [6.45, 7) is 0.765. The number of methoxy groups -OCH3 is 2. The van der Waals surface area contributed by atoms with Gasteiger partial charge < -0.3 is 20.1 Å². The Hall–Kier alpha value is -4.93. The highest BCUT2D eigenvalue weighted by Crippen LogP contribution is 2.19. The van der Waals surface area contributed by atoms with Crippen molar-refractivity contribution in [3.05, 3.63) is 99.6 Å². The maximum Gasteiger partial charge on any atom is 0.281 e. The van der Waals surface area contributed by atoms with Crippen molar-refractivity contribution in [1.82, 2.24) is 14.8 Å². The standard InChI is InChI=1S/C25H24N6O5/c1-35-21-7-3-5-17(13-21)15-26-24-28-25(27-16-18-6-4-8-22(14-18)36-2)30(29-24)23(32)19-9-11-20(12-10-19)31(33)34/h3-14H,15-16H2,1-2H3,(H2,26,27,28,29). The van der Waals surface area contributed by atoms with Gasteiger partial charge in [0.15, 0.2) is 0 Å². The van der Waals surface area contributed by atoms with Crippen molar-refractivity contribution < 1.29 is 19.2 Å². The average molecular weight is 489 g/mol. The van der Waals surface area contributed by atoms with E-state index in [2.05, 4.69) is 20.7 Å². The van der Waals surface area contributed by atoms with Crippen LogP contribution in [0.3, 0.4) is 0 Å². The van der Waals surface area contributed by atoms with Crippen LogP contribution in [0.2, 0.25) is 0 Å². The summed E-state index contributed by atoms with van der Waals surface area (Å²) >= 11 is 0. The summed E-state index contributed by atoms with van der Waals surface area (Å²) in [5.74, 6) is 1.40. The van der Waals surface area contributed by atoms with Gasteiger partial charge in [0.05, 0.1) is 19.1 Å². The molecule has 0 aliphatic carbocycles. The highest BCUT2D eigenvalue weighted by atomic mass is 16.6. The van der Waals surface area contributed by atoms with E-state index in [9.17, 15) is 14.9 Å². The zero-order valence-electron chi connectivity index (χ0n) is 19.7. The second-order valence-electron chi connectivity index (χ2n) is 7.69. The van der Waals surface area contributed by atoms with Gasteiger partial charge >= 0.3 is 0 Å². The van der Waals surface area contributed by atoms with E-state index >= 15 is 0 Å². The van der Waals surface area contributed by atoms with Crippen molar-refractivity contribution in [1.29, 1.82) is 0 Å². The molecule has 2 N–H and O–H groups in total. The van der Waals surface area contributed by atoms with Crippen LogP contribution in [0.4, 0.5) is 17.6 Å². The summed E-state index contributed by atoms with van der Waals surface area (Å²) in [6, 6.07) is 20.3. The Labute approximate surface area is 206 Å². The molecule has 0 radical (unpaired) electrons.